The standard InChI is InChI=1S/C22H34N4O2S.HI/c1-7-27-19-12-11-17(14-20(19)28-8-2)16(3)25-22(23-4)24-15-18(26(5)6)21-10-9-13-29-21;/h9-14,16,18H,7-8,15H2,1-6H3,(H2,23,24,25);1H. The summed E-state index contributed by atoms with van der Waals surface area (Å²) in [7, 11) is 5.99. The fraction of sp³-hybridized carbons (Fsp3) is 0.500. The lowest BCUT2D eigenvalue weighted by molar-refractivity contribution is 0.287. The van der Waals surface area contributed by atoms with Crippen molar-refractivity contribution in [3.05, 3.63) is 46.2 Å². The number of benzene rings is 1. The molecule has 0 bridgehead atoms. The Morgan fingerprint density at radius 1 is 1.13 bits per heavy atom. The summed E-state index contributed by atoms with van der Waals surface area (Å²) < 4.78 is 11.4. The summed E-state index contributed by atoms with van der Waals surface area (Å²) in [5, 5.41) is 9.04. The van der Waals surface area contributed by atoms with E-state index in [-0.39, 0.29) is 30.0 Å². The van der Waals surface area contributed by atoms with Crippen LogP contribution in [-0.2, 0) is 0 Å². The fourth-order valence-electron chi connectivity index (χ4n) is 3.03. The Morgan fingerprint density at radius 2 is 1.83 bits per heavy atom. The van der Waals surface area contributed by atoms with Gasteiger partial charge in [-0.3, -0.25) is 4.99 Å². The third kappa shape index (κ3) is 7.63. The van der Waals surface area contributed by atoms with Crippen molar-refractivity contribution in [1.29, 1.82) is 0 Å². The van der Waals surface area contributed by atoms with Gasteiger partial charge in [-0.1, -0.05) is 12.1 Å². The van der Waals surface area contributed by atoms with Crippen LogP contribution in [0.4, 0.5) is 0 Å². The second-order valence-electron chi connectivity index (χ2n) is 6.89. The molecule has 0 amide bonds. The third-order valence-corrected chi connectivity index (χ3v) is 5.58. The minimum atomic E-state index is 0. The van der Waals surface area contributed by atoms with E-state index >= 15 is 0 Å². The summed E-state index contributed by atoms with van der Waals surface area (Å²) in [5.41, 5.74) is 1.11. The second kappa shape index (κ2) is 13.7. The molecule has 0 fully saturated rings. The molecule has 1 heterocycles. The number of halogens is 1. The lowest BCUT2D eigenvalue weighted by Gasteiger charge is -2.26. The van der Waals surface area contributed by atoms with Crippen molar-refractivity contribution in [2.45, 2.75) is 32.9 Å². The zero-order chi connectivity index (χ0) is 21.2. The first-order chi connectivity index (χ1) is 14.0. The molecule has 0 saturated heterocycles. The zero-order valence-electron chi connectivity index (χ0n) is 18.8. The molecule has 0 aliphatic rings. The van der Waals surface area contributed by atoms with Gasteiger partial charge in [0, 0.05) is 18.5 Å². The van der Waals surface area contributed by atoms with Crippen LogP contribution in [0.3, 0.4) is 0 Å². The molecular formula is C22H35IN4O2S. The van der Waals surface area contributed by atoms with E-state index in [1.165, 1.54) is 4.88 Å². The molecule has 0 spiro atoms. The molecule has 1 aromatic carbocycles. The van der Waals surface area contributed by atoms with Gasteiger partial charge in [-0.05, 0) is 64.0 Å². The Hall–Kier alpha value is -1.52. The Morgan fingerprint density at radius 3 is 2.40 bits per heavy atom. The van der Waals surface area contributed by atoms with Crippen LogP contribution in [0, 0.1) is 0 Å². The van der Waals surface area contributed by atoms with E-state index in [0.29, 0.717) is 19.3 Å². The van der Waals surface area contributed by atoms with Gasteiger partial charge in [0.1, 0.15) is 0 Å². The maximum Gasteiger partial charge on any atom is 0.191 e. The summed E-state index contributed by atoms with van der Waals surface area (Å²) in [6.07, 6.45) is 0. The average molecular weight is 547 g/mol. The number of aliphatic imine (C=N–C) groups is 1. The minimum absolute atomic E-state index is 0. The molecule has 1 aromatic heterocycles. The highest BCUT2D eigenvalue weighted by Gasteiger charge is 2.17. The van der Waals surface area contributed by atoms with E-state index in [0.717, 1.165) is 29.6 Å². The van der Waals surface area contributed by atoms with Crippen molar-refractivity contribution in [1.82, 2.24) is 15.5 Å². The van der Waals surface area contributed by atoms with E-state index in [1.807, 2.05) is 26.0 Å². The van der Waals surface area contributed by atoms with Crippen LogP contribution in [0.1, 0.15) is 43.3 Å². The predicted octanol–water partition coefficient (Wildman–Crippen LogP) is 4.69. The molecule has 8 heteroatoms. The molecule has 2 N–H and O–H groups in total. The van der Waals surface area contributed by atoms with Crippen LogP contribution in [-0.4, -0.2) is 51.8 Å². The van der Waals surface area contributed by atoms with Crippen LogP contribution >= 0.6 is 35.3 Å². The lowest BCUT2D eigenvalue weighted by atomic mass is 10.1. The Kier molecular flexibility index (Phi) is 12.1. The highest BCUT2D eigenvalue weighted by atomic mass is 127. The predicted molar refractivity (Wildman–Crippen MR) is 138 cm³/mol. The van der Waals surface area contributed by atoms with Gasteiger partial charge in [0.25, 0.3) is 0 Å². The molecule has 0 aliphatic heterocycles. The Labute approximate surface area is 202 Å². The van der Waals surface area contributed by atoms with Crippen molar-refractivity contribution in [2.75, 3.05) is 40.9 Å². The van der Waals surface area contributed by atoms with E-state index in [1.54, 1.807) is 18.4 Å². The quantitative estimate of drug-likeness (QED) is 0.257. The average Bonchev–Trinajstić information content (AvgIpc) is 3.23. The summed E-state index contributed by atoms with van der Waals surface area (Å²) in [6, 6.07) is 10.7. The number of guanidine groups is 1. The summed E-state index contributed by atoms with van der Waals surface area (Å²) in [6.45, 7) is 8.05. The van der Waals surface area contributed by atoms with Crippen molar-refractivity contribution in [3.63, 3.8) is 0 Å². The molecule has 30 heavy (non-hydrogen) atoms. The number of hydrogen-bond acceptors (Lipinski definition) is 5. The van der Waals surface area contributed by atoms with Gasteiger partial charge in [-0.2, -0.15) is 0 Å². The fourth-order valence-corrected chi connectivity index (χ4v) is 3.95. The maximum atomic E-state index is 5.76. The highest BCUT2D eigenvalue weighted by molar-refractivity contribution is 14.0. The van der Waals surface area contributed by atoms with Gasteiger partial charge in [0.05, 0.1) is 25.3 Å². The van der Waals surface area contributed by atoms with Gasteiger partial charge in [-0.15, -0.1) is 35.3 Å². The molecule has 0 saturated carbocycles. The molecule has 2 unspecified atom stereocenters. The molecule has 0 radical (unpaired) electrons. The monoisotopic (exact) mass is 546 g/mol. The first kappa shape index (κ1) is 26.5. The van der Waals surface area contributed by atoms with Crippen molar-refractivity contribution in [2.24, 2.45) is 4.99 Å². The normalized spacial score (nSPS) is 13.4. The summed E-state index contributed by atoms with van der Waals surface area (Å²) in [5.74, 6) is 2.32. The molecular weight excluding hydrogens is 511 g/mol. The zero-order valence-corrected chi connectivity index (χ0v) is 21.9. The maximum absolute atomic E-state index is 5.76. The van der Waals surface area contributed by atoms with Crippen molar-refractivity contribution < 1.29 is 9.47 Å². The lowest BCUT2D eigenvalue weighted by Crippen LogP contribution is -2.42. The topological polar surface area (TPSA) is 58.1 Å². The number of nitrogens with one attached hydrogen (secondary N) is 2. The molecule has 2 aromatic rings. The van der Waals surface area contributed by atoms with Crippen molar-refractivity contribution in [3.8, 4) is 11.5 Å². The number of hydrogen-bond donors (Lipinski definition) is 2. The molecule has 168 valence electrons. The van der Waals surface area contributed by atoms with Gasteiger partial charge in [-0.25, -0.2) is 0 Å². The molecule has 6 nitrogen and oxygen atoms in total. The Balaban J connectivity index is 0.00000450. The van der Waals surface area contributed by atoms with Crippen molar-refractivity contribution >= 4 is 41.3 Å². The van der Waals surface area contributed by atoms with Crippen LogP contribution in [0.15, 0.2) is 40.7 Å². The summed E-state index contributed by atoms with van der Waals surface area (Å²) >= 11 is 1.77. The van der Waals surface area contributed by atoms with Gasteiger partial charge >= 0.3 is 0 Å². The molecule has 2 atom stereocenters. The van der Waals surface area contributed by atoms with Crippen LogP contribution in [0.25, 0.3) is 0 Å². The van der Waals surface area contributed by atoms with E-state index in [9.17, 15) is 0 Å². The first-order valence-corrected chi connectivity index (χ1v) is 10.9. The van der Waals surface area contributed by atoms with E-state index in [4.69, 9.17) is 9.47 Å². The second-order valence-corrected chi connectivity index (χ2v) is 7.87. The highest BCUT2D eigenvalue weighted by Crippen LogP contribution is 2.30. The van der Waals surface area contributed by atoms with Crippen LogP contribution < -0.4 is 20.1 Å². The van der Waals surface area contributed by atoms with Crippen LogP contribution in [0.5, 0.6) is 11.5 Å². The molecule has 2 rings (SSSR count). The Bertz CT molecular complexity index is 769. The number of ether oxygens (including phenoxy) is 2. The first-order valence-electron chi connectivity index (χ1n) is 10.1. The van der Waals surface area contributed by atoms with E-state index < -0.39 is 0 Å². The number of thiophene rings is 1. The van der Waals surface area contributed by atoms with Crippen LogP contribution in [0.2, 0.25) is 0 Å². The SMILES string of the molecule is CCOc1ccc(C(C)NC(=NC)NCC(c2cccs2)N(C)C)cc1OCC.I. The van der Waals surface area contributed by atoms with Gasteiger partial charge in [0.15, 0.2) is 17.5 Å². The number of rotatable bonds is 10. The molecule has 0 aliphatic carbocycles. The third-order valence-electron chi connectivity index (χ3n) is 4.60. The van der Waals surface area contributed by atoms with E-state index in [2.05, 4.69) is 65.1 Å². The summed E-state index contributed by atoms with van der Waals surface area (Å²) in [4.78, 5) is 7.95. The van der Waals surface area contributed by atoms with Gasteiger partial charge < -0.3 is 25.0 Å². The number of nitrogens with zero attached hydrogens (tertiary/aromatic N) is 2. The van der Waals surface area contributed by atoms with Gasteiger partial charge in [0.2, 0.25) is 0 Å². The largest absolute Gasteiger partial charge is 0.490 e. The number of likely N-dealkylation sites (N-methyl/N-ethyl adjacent to an activating group) is 1. The minimum Gasteiger partial charge on any atom is -0.490 e. The smallest absolute Gasteiger partial charge is 0.191 e.